The van der Waals surface area contributed by atoms with Gasteiger partial charge in [0.1, 0.15) is 0 Å². The van der Waals surface area contributed by atoms with Gasteiger partial charge in [0.05, 0.1) is 6.20 Å². The van der Waals surface area contributed by atoms with Gasteiger partial charge in [-0.25, -0.2) is 0 Å². The molecule has 2 aromatic rings. The molecule has 0 bridgehead atoms. The number of aromatic nitrogens is 2. The highest BCUT2D eigenvalue weighted by atomic mass is 79.9. The first-order chi connectivity index (χ1) is 8.15. The van der Waals surface area contributed by atoms with Crippen LogP contribution in [0, 0.1) is 0 Å². The van der Waals surface area contributed by atoms with Crippen LogP contribution in [0.4, 0.5) is 0 Å². The fourth-order valence-corrected chi connectivity index (χ4v) is 2.14. The maximum absolute atomic E-state index is 4.15. The van der Waals surface area contributed by atoms with E-state index in [0.29, 0.717) is 6.04 Å². The van der Waals surface area contributed by atoms with Crippen molar-refractivity contribution in [3.8, 4) is 0 Å². The topological polar surface area (TPSA) is 29.9 Å². The van der Waals surface area contributed by atoms with Crippen molar-refractivity contribution >= 4 is 15.9 Å². The van der Waals surface area contributed by atoms with E-state index >= 15 is 0 Å². The largest absolute Gasteiger partial charge is 0.306 e. The molecule has 1 atom stereocenters. The summed E-state index contributed by atoms with van der Waals surface area (Å²) in [6.07, 6.45) is 3.92. The molecule has 3 nitrogen and oxygen atoms in total. The van der Waals surface area contributed by atoms with Gasteiger partial charge in [-0.15, -0.1) is 0 Å². The second-order valence-corrected chi connectivity index (χ2v) is 5.10. The van der Waals surface area contributed by atoms with Crippen LogP contribution in [0.5, 0.6) is 0 Å². The summed E-state index contributed by atoms with van der Waals surface area (Å²) < 4.78 is 2.94. The highest BCUT2D eigenvalue weighted by molar-refractivity contribution is 9.10. The Morgan fingerprint density at radius 2 is 2.29 bits per heavy atom. The number of benzene rings is 1. The lowest BCUT2D eigenvalue weighted by atomic mass is 10.1. The van der Waals surface area contributed by atoms with Gasteiger partial charge in [0.15, 0.2) is 0 Å². The van der Waals surface area contributed by atoms with E-state index in [-0.39, 0.29) is 0 Å². The van der Waals surface area contributed by atoms with Crippen LogP contribution in [0.1, 0.15) is 24.1 Å². The molecule has 90 valence electrons. The van der Waals surface area contributed by atoms with Crippen LogP contribution in [-0.2, 0) is 13.6 Å². The molecular weight excluding hydrogens is 278 g/mol. The molecule has 17 heavy (non-hydrogen) atoms. The maximum Gasteiger partial charge on any atom is 0.0534 e. The fraction of sp³-hybridized carbons (Fsp3) is 0.308. The number of nitrogens with one attached hydrogen (secondary N) is 1. The third-order valence-corrected chi connectivity index (χ3v) is 3.21. The normalized spacial score (nSPS) is 12.6. The smallest absolute Gasteiger partial charge is 0.0534 e. The van der Waals surface area contributed by atoms with Crippen molar-refractivity contribution in [2.24, 2.45) is 7.05 Å². The Morgan fingerprint density at radius 3 is 2.94 bits per heavy atom. The number of nitrogens with zero attached hydrogens (tertiary/aromatic N) is 2. The molecular formula is C13H16BrN3. The third-order valence-electron chi connectivity index (χ3n) is 2.72. The highest BCUT2D eigenvalue weighted by Gasteiger charge is 2.05. The molecule has 1 aromatic heterocycles. The number of halogens is 1. The first-order valence-electron chi connectivity index (χ1n) is 5.61. The zero-order valence-electron chi connectivity index (χ0n) is 10.0. The summed E-state index contributed by atoms with van der Waals surface area (Å²) in [5, 5.41) is 7.63. The Labute approximate surface area is 110 Å². The van der Waals surface area contributed by atoms with Gasteiger partial charge in [0.2, 0.25) is 0 Å². The highest BCUT2D eigenvalue weighted by Crippen LogP contribution is 2.18. The lowest BCUT2D eigenvalue weighted by molar-refractivity contribution is 0.574. The summed E-state index contributed by atoms with van der Waals surface area (Å²) >= 11 is 3.49. The van der Waals surface area contributed by atoms with E-state index < -0.39 is 0 Å². The molecule has 1 unspecified atom stereocenters. The molecule has 0 saturated carbocycles. The third kappa shape index (κ3) is 3.41. The summed E-state index contributed by atoms with van der Waals surface area (Å²) in [5.41, 5.74) is 2.48. The first-order valence-corrected chi connectivity index (χ1v) is 6.41. The van der Waals surface area contributed by atoms with Crippen LogP contribution >= 0.6 is 15.9 Å². The summed E-state index contributed by atoms with van der Waals surface area (Å²) in [7, 11) is 1.93. The van der Waals surface area contributed by atoms with Gasteiger partial charge in [-0.3, -0.25) is 4.68 Å². The molecule has 0 fully saturated rings. The first kappa shape index (κ1) is 12.3. The van der Waals surface area contributed by atoms with Crippen molar-refractivity contribution < 1.29 is 0 Å². The van der Waals surface area contributed by atoms with Crippen molar-refractivity contribution in [1.29, 1.82) is 0 Å². The number of hydrogen-bond donors (Lipinski definition) is 1. The molecule has 0 aliphatic carbocycles. The van der Waals surface area contributed by atoms with Crippen molar-refractivity contribution in [3.05, 3.63) is 52.3 Å². The van der Waals surface area contributed by atoms with Crippen LogP contribution in [0.25, 0.3) is 0 Å². The van der Waals surface area contributed by atoms with E-state index in [1.807, 2.05) is 30.2 Å². The summed E-state index contributed by atoms with van der Waals surface area (Å²) in [4.78, 5) is 0. The Bertz CT molecular complexity index is 493. The van der Waals surface area contributed by atoms with Gasteiger partial charge >= 0.3 is 0 Å². The van der Waals surface area contributed by atoms with Gasteiger partial charge in [-0.1, -0.05) is 28.1 Å². The van der Waals surface area contributed by atoms with Crippen molar-refractivity contribution in [3.63, 3.8) is 0 Å². The zero-order valence-corrected chi connectivity index (χ0v) is 11.6. The lowest BCUT2D eigenvalue weighted by Gasteiger charge is -2.13. The molecule has 1 aromatic carbocycles. The monoisotopic (exact) mass is 293 g/mol. The summed E-state index contributed by atoms with van der Waals surface area (Å²) in [6.45, 7) is 3.00. The molecule has 0 aliphatic rings. The van der Waals surface area contributed by atoms with Gasteiger partial charge in [-0.2, -0.15) is 5.10 Å². The van der Waals surface area contributed by atoms with Crippen LogP contribution in [-0.4, -0.2) is 9.78 Å². The van der Waals surface area contributed by atoms with E-state index in [0.717, 1.165) is 11.0 Å². The summed E-state index contributed by atoms with van der Waals surface area (Å²) in [5.74, 6) is 0. The minimum absolute atomic E-state index is 0.327. The van der Waals surface area contributed by atoms with E-state index in [1.54, 1.807) is 0 Å². The molecule has 1 N–H and O–H groups in total. The van der Waals surface area contributed by atoms with E-state index in [2.05, 4.69) is 51.5 Å². The van der Waals surface area contributed by atoms with Gasteiger partial charge in [-0.05, 0) is 24.6 Å². The van der Waals surface area contributed by atoms with Crippen molar-refractivity contribution in [1.82, 2.24) is 15.1 Å². The Balaban J connectivity index is 1.95. The number of rotatable bonds is 4. The molecule has 0 aliphatic heterocycles. The molecule has 0 radical (unpaired) electrons. The van der Waals surface area contributed by atoms with E-state index in [1.165, 1.54) is 11.1 Å². The van der Waals surface area contributed by atoms with E-state index in [4.69, 9.17) is 0 Å². The SMILES string of the molecule is CC(NCc1cnn(C)c1)c1cccc(Br)c1. The predicted molar refractivity (Wildman–Crippen MR) is 72.6 cm³/mol. The Kier molecular flexibility index (Phi) is 3.97. The van der Waals surface area contributed by atoms with Gasteiger partial charge in [0, 0.05) is 35.9 Å². The molecule has 0 saturated heterocycles. The van der Waals surface area contributed by atoms with Crippen LogP contribution in [0.15, 0.2) is 41.1 Å². The standard InChI is InChI=1S/C13H16BrN3/c1-10(12-4-3-5-13(14)6-12)15-7-11-8-16-17(2)9-11/h3-6,8-10,15H,7H2,1-2H3. The molecule has 4 heteroatoms. The molecule has 2 rings (SSSR count). The minimum atomic E-state index is 0.327. The molecule has 1 heterocycles. The number of aryl methyl sites for hydroxylation is 1. The quantitative estimate of drug-likeness (QED) is 0.939. The van der Waals surface area contributed by atoms with Crippen molar-refractivity contribution in [2.75, 3.05) is 0 Å². The minimum Gasteiger partial charge on any atom is -0.306 e. The second-order valence-electron chi connectivity index (χ2n) is 4.18. The number of hydrogen-bond acceptors (Lipinski definition) is 2. The maximum atomic E-state index is 4.15. The Morgan fingerprint density at radius 1 is 1.47 bits per heavy atom. The Hall–Kier alpha value is -1.13. The predicted octanol–water partition coefficient (Wildman–Crippen LogP) is 3.03. The van der Waals surface area contributed by atoms with Gasteiger partial charge in [0.25, 0.3) is 0 Å². The van der Waals surface area contributed by atoms with E-state index in [9.17, 15) is 0 Å². The van der Waals surface area contributed by atoms with Crippen LogP contribution in [0.3, 0.4) is 0 Å². The van der Waals surface area contributed by atoms with Crippen LogP contribution in [0.2, 0.25) is 0 Å². The van der Waals surface area contributed by atoms with Crippen LogP contribution < -0.4 is 5.32 Å². The molecule has 0 amide bonds. The average Bonchev–Trinajstić information content (AvgIpc) is 2.72. The lowest BCUT2D eigenvalue weighted by Crippen LogP contribution is -2.17. The zero-order chi connectivity index (χ0) is 12.3. The summed E-state index contributed by atoms with van der Waals surface area (Å²) in [6, 6.07) is 8.69. The second kappa shape index (κ2) is 5.47. The average molecular weight is 294 g/mol. The van der Waals surface area contributed by atoms with Crippen molar-refractivity contribution in [2.45, 2.75) is 19.5 Å². The molecule has 0 spiro atoms. The fourth-order valence-electron chi connectivity index (χ4n) is 1.73. The van der Waals surface area contributed by atoms with Gasteiger partial charge < -0.3 is 5.32 Å².